The van der Waals surface area contributed by atoms with Crippen LogP contribution in [0.5, 0.6) is 0 Å². The molecule has 0 saturated carbocycles. The van der Waals surface area contributed by atoms with Gasteiger partial charge in [-0.1, -0.05) is 323 Å². The van der Waals surface area contributed by atoms with Gasteiger partial charge in [0.1, 0.15) is 5.82 Å². The first kappa shape index (κ1) is 120. The van der Waals surface area contributed by atoms with Crippen LogP contribution in [0.2, 0.25) is 5.02 Å². The van der Waals surface area contributed by atoms with E-state index in [1.165, 1.54) is 68.8 Å². The maximum Gasteiger partial charge on any atom is 0.256 e. The zero-order chi connectivity index (χ0) is 110. The molecule has 15 aromatic carbocycles. The Hall–Kier alpha value is -15.7. The van der Waals surface area contributed by atoms with Crippen LogP contribution >= 0.6 is 11.6 Å². The Morgan fingerprint density at radius 2 is 0.453 bits per heavy atom. The van der Waals surface area contributed by atoms with Crippen molar-refractivity contribution in [1.82, 2.24) is 0 Å². The third-order valence-corrected chi connectivity index (χ3v) is 24.8. The predicted octanol–water partition coefficient (Wildman–Crippen LogP) is 34.8. The second kappa shape index (κ2) is 59.9. The summed E-state index contributed by atoms with van der Waals surface area (Å²) >= 11 is 5.80. The van der Waals surface area contributed by atoms with E-state index < -0.39 is 0 Å². The summed E-state index contributed by atoms with van der Waals surface area (Å²) in [4.78, 5) is 96.7. The lowest BCUT2D eigenvalue weighted by atomic mass is 10.0. The highest BCUT2D eigenvalue weighted by Gasteiger charge is 2.19. The number of carbonyl (C=O) groups is 8. The van der Waals surface area contributed by atoms with Crippen LogP contribution in [0.3, 0.4) is 0 Å². The van der Waals surface area contributed by atoms with Gasteiger partial charge in [-0.25, -0.2) is 4.39 Å². The molecule has 0 aliphatic carbocycles. The summed E-state index contributed by atoms with van der Waals surface area (Å²) in [5, 5.41) is 24.0. The molecule has 150 heavy (non-hydrogen) atoms. The average Bonchev–Trinajstić information content (AvgIpc) is 0.823. The quantitative estimate of drug-likeness (QED) is 0.0289. The van der Waals surface area contributed by atoms with Crippen molar-refractivity contribution in [3.63, 3.8) is 0 Å². The van der Waals surface area contributed by atoms with Crippen molar-refractivity contribution in [2.45, 2.75) is 220 Å². The second-order valence-electron chi connectivity index (χ2n) is 40.2. The van der Waals surface area contributed by atoms with E-state index in [2.05, 4.69) is 196 Å². The standard InChI is InChI=1S/2C18H21NO.3C17H19NO.C16H16ClNO.C16H16FNO.C13H19NO/c1-12(2)15-9-6-10-16(11-15)19-18(20)17-13(3)7-5-8-14(17)4;1-12(2)15-6-5-7-16(11-15)19-18(20)17-9-8-13(3)10-14(17)4;1-12(2)14-7-5-9-16(11-14)18-17(19)15-8-4-6-13(3)10-15;1-12(2)14-8-6-9-15(11-14)18-17(19)16-10-5-4-7-13(16)3;1-12(2)15-5-4-6-16(11-15)18-17(19)14-9-7-13(3)8-10-14;2*1-11(2)13-4-3-5-15(10-13)18-16(19)12-6-8-14(17)9-7-12;1-9(2)11-6-5-7-12(8-11)14-13(15)10(3)4/h2*5-12H,1-4H3,(H,19,20);3*4-12H,1-3H3,(H,18,19);2*3-11H,1-2H3,(H,18,19);5-10H,1-4H3,(H,14,15). The molecule has 0 bridgehead atoms. The van der Waals surface area contributed by atoms with Crippen LogP contribution in [0.15, 0.2) is 352 Å². The lowest BCUT2D eigenvalue weighted by molar-refractivity contribution is -0.118. The summed E-state index contributed by atoms with van der Waals surface area (Å²) in [7, 11) is 0. The van der Waals surface area contributed by atoms with E-state index in [4.69, 9.17) is 11.6 Å². The minimum Gasteiger partial charge on any atom is -0.326 e. The lowest BCUT2D eigenvalue weighted by Crippen LogP contribution is -2.17. The first-order chi connectivity index (χ1) is 71.3. The van der Waals surface area contributed by atoms with Crippen LogP contribution in [0.4, 0.5) is 49.9 Å². The monoisotopic (exact) mass is 2030 g/mol. The lowest BCUT2D eigenvalue weighted by Gasteiger charge is -2.12. The number of amides is 8. The predicted molar refractivity (Wildman–Crippen MR) is 627 cm³/mol. The van der Waals surface area contributed by atoms with Crippen LogP contribution in [0.25, 0.3) is 0 Å². The van der Waals surface area contributed by atoms with Gasteiger partial charge >= 0.3 is 0 Å². The van der Waals surface area contributed by atoms with E-state index in [0.717, 1.165) is 101 Å². The smallest absolute Gasteiger partial charge is 0.256 e. The third-order valence-electron chi connectivity index (χ3n) is 24.6. The van der Waals surface area contributed by atoms with E-state index in [9.17, 15) is 42.7 Å². The van der Waals surface area contributed by atoms with Crippen LogP contribution in [0.1, 0.15) is 328 Å². The van der Waals surface area contributed by atoms with Gasteiger partial charge in [-0.15, -0.1) is 0 Å². The Labute approximate surface area is 895 Å². The molecular weight excluding hydrogens is 1880 g/mol. The maximum absolute atomic E-state index is 12.8. The highest BCUT2D eigenvalue weighted by molar-refractivity contribution is 6.30. The molecule has 0 aliphatic heterocycles. The fourth-order valence-electron chi connectivity index (χ4n) is 15.3. The number of hydrogen-bond acceptors (Lipinski definition) is 8. The molecule has 0 unspecified atom stereocenters. The van der Waals surface area contributed by atoms with Gasteiger partial charge in [-0.2, -0.15) is 0 Å². The molecule has 16 nitrogen and oxygen atoms in total. The highest BCUT2D eigenvalue weighted by Crippen LogP contribution is 2.30. The van der Waals surface area contributed by atoms with Crippen molar-refractivity contribution in [3.05, 3.63) is 485 Å². The molecule has 0 atom stereocenters. The first-order valence-corrected chi connectivity index (χ1v) is 51.8. The molecule has 15 aromatic rings. The van der Waals surface area contributed by atoms with Gasteiger partial charge in [0.2, 0.25) is 5.91 Å². The molecule has 0 aliphatic rings. The Balaban J connectivity index is 0.000000209. The SMILES string of the molecule is CC(C)C(=O)Nc1cccc(C(C)C)c1.CC(C)c1cccc(NC(=O)c2ccc(Cl)cc2)c1.CC(C)c1cccc(NC(=O)c2ccc(F)cc2)c1.Cc1ccc(C(=O)Nc2cccc(C(C)C)c2)c(C)c1.Cc1ccc(C(=O)Nc2cccc(C(C)C)c2)cc1.Cc1cccc(C(=O)Nc2cccc(C(C)C)c2)c1.Cc1cccc(C)c1C(=O)Nc1cccc(C(C)C)c1.Cc1ccccc1C(=O)Nc1cccc(C(C)C)c1. The number of halogens is 2. The van der Waals surface area contributed by atoms with Crippen molar-refractivity contribution in [2.24, 2.45) is 5.92 Å². The Bertz CT molecular complexity index is 6710. The van der Waals surface area contributed by atoms with E-state index in [1.807, 2.05) is 323 Å². The summed E-state index contributed by atoms with van der Waals surface area (Å²) < 4.78 is 12.8. The summed E-state index contributed by atoms with van der Waals surface area (Å²) in [5.41, 5.74) is 28.4. The Morgan fingerprint density at radius 1 is 0.207 bits per heavy atom. The molecule has 15 rings (SSSR count). The van der Waals surface area contributed by atoms with E-state index in [-0.39, 0.29) is 59.0 Å². The van der Waals surface area contributed by atoms with Crippen LogP contribution in [0, 0.1) is 60.2 Å². The van der Waals surface area contributed by atoms with Gasteiger partial charge in [0, 0.05) is 95.4 Å². The van der Waals surface area contributed by atoms with Crippen LogP contribution < -0.4 is 42.5 Å². The molecule has 0 fully saturated rings. The average molecular weight is 2030 g/mol. The number of rotatable bonds is 24. The van der Waals surface area contributed by atoms with Gasteiger partial charge in [0.15, 0.2) is 0 Å². The minimum atomic E-state index is -0.349. The normalized spacial score (nSPS) is 10.6. The summed E-state index contributed by atoms with van der Waals surface area (Å²) in [6, 6.07) is 111. The van der Waals surface area contributed by atoms with E-state index in [1.54, 1.807) is 24.3 Å². The molecule has 0 heterocycles. The van der Waals surface area contributed by atoms with Crippen molar-refractivity contribution in [2.75, 3.05) is 42.5 Å². The second-order valence-corrected chi connectivity index (χ2v) is 40.6. The zero-order valence-electron chi connectivity index (χ0n) is 91.7. The minimum absolute atomic E-state index is 0.0210. The van der Waals surface area contributed by atoms with Crippen LogP contribution in [-0.2, 0) is 4.79 Å². The van der Waals surface area contributed by atoms with Crippen molar-refractivity contribution in [3.8, 4) is 0 Å². The summed E-state index contributed by atoms with van der Waals surface area (Å²) in [6.45, 7) is 51.8. The molecule has 0 radical (unpaired) electrons. The topological polar surface area (TPSA) is 233 Å². The van der Waals surface area contributed by atoms with Gasteiger partial charge in [-0.05, 0) is 345 Å². The first-order valence-electron chi connectivity index (χ1n) is 51.4. The van der Waals surface area contributed by atoms with E-state index >= 15 is 0 Å². The molecule has 0 aromatic heterocycles. The van der Waals surface area contributed by atoms with Crippen LogP contribution in [-0.4, -0.2) is 47.3 Å². The molecule has 0 saturated heterocycles. The number of nitrogens with one attached hydrogen (secondary N) is 8. The zero-order valence-corrected chi connectivity index (χ0v) is 92.5. The Morgan fingerprint density at radius 3 is 0.753 bits per heavy atom. The molecule has 780 valence electrons. The molecule has 8 amide bonds. The van der Waals surface area contributed by atoms with Gasteiger partial charge in [0.05, 0.1) is 0 Å². The Kier molecular flexibility index (Phi) is 47.7. The number of aryl methyl sites for hydroxylation is 7. The fraction of sp³-hybridized carbons (Fsp3) is 0.258. The maximum atomic E-state index is 12.8. The van der Waals surface area contributed by atoms with Crippen molar-refractivity contribution < 1.29 is 42.7 Å². The summed E-state index contributed by atoms with van der Waals surface area (Å²) in [6.07, 6.45) is 0. The summed E-state index contributed by atoms with van der Waals surface area (Å²) in [5.74, 6) is 2.69. The third kappa shape index (κ3) is 40.2. The largest absolute Gasteiger partial charge is 0.326 e. The van der Waals surface area contributed by atoms with Gasteiger partial charge < -0.3 is 42.5 Å². The molecule has 18 heteroatoms. The molecule has 0 spiro atoms. The van der Waals surface area contributed by atoms with Crippen molar-refractivity contribution in [1.29, 1.82) is 0 Å². The van der Waals surface area contributed by atoms with Crippen molar-refractivity contribution >= 4 is 104 Å². The van der Waals surface area contributed by atoms with Gasteiger partial charge in [0.25, 0.3) is 41.4 Å². The fourth-order valence-corrected chi connectivity index (χ4v) is 15.4. The highest BCUT2D eigenvalue weighted by atomic mass is 35.5. The molecule has 8 N–H and O–H groups in total. The molecular formula is C132H150ClFN8O8. The number of anilines is 8. The number of hydrogen-bond donors (Lipinski definition) is 8. The number of carbonyl (C=O) groups excluding carboxylic acids is 8. The van der Waals surface area contributed by atoms with E-state index in [0.29, 0.717) is 74.6 Å². The number of benzene rings is 15. The van der Waals surface area contributed by atoms with Gasteiger partial charge in [-0.3, -0.25) is 38.4 Å².